The minimum atomic E-state index is -0.272. The molecule has 3 aromatic heterocycles. The third kappa shape index (κ3) is 3.25. The zero-order chi connectivity index (χ0) is 19.8. The number of aryl methyl sites for hydroxylation is 1. The number of fused-ring (bicyclic) bond motifs is 1. The molecule has 3 heterocycles. The van der Waals surface area contributed by atoms with Crippen LogP contribution in [-0.4, -0.2) is 21.7 Å². The molecule has 4 aromatic rings. The number of furan rings is 1. The molecule has 1 aromatic carbocycles. The summed E-state index contributed by atoms with van der Waals surface area (Å²) < 4.78 is 6.95. The molecule has 4 rings (SSSR count). The average Bonchev–Trinajstić information content (AvgIpc) is 3.36. The number of aromatic amines is 1. The normalized spacial score (nSPS) is 11.1. The van der Waals surface area contributed by atoms with E-state index < -0.39 is 0 Å². The first-order valence-electron chi connectivity index (χ1n) is 8.87. The standard InChI is InChI=1S/C21H19N3O3S/c1-11-18(13(3)25)12(2)23-19(11)20(26)22-10-14-8-9-16(27-14)21-24-15-6-4-5-7-17(15)28-21/h4-9,23H,10H2,1-3H3,(H,22,26). The molecule has 2 N–H and O–H groups in total. The van der Waals surface area contributed by atoms with E-state index in [2.05, 4.69) is 15.3 Å². The maximum absolute atomic E-state index is 12.5. The SMILES string of the molecule is CC(=O)c1c(C)[nH]c(C(=O)NCc2ccc(-c3nc4ccccc4s3)o2)c1C. The van der Waals surface area contributed by atoms with Gasteiger partial charge in [-0.1, -0.05) is 12.1 Å². The van der Waals surface area contributed by atoms with Crippen LogP contribution in [0.3, 0.4) is 0 Å². The summed E-state index contributed by atoms with van der Waals surface area (Å²) in [6.45, 7) is 5.30. The number of carbonyl (C=O) groups excluding carboxylic acids is 2. The van der Waals surface area contributed by atoms with E-state index in [0.29, 0.717) is 34.0 Å². The number of Topliss-reactive ketones (excluding diaryl/α,β-unsaturated/α-hetero) is 1. The maximum Gasteiger partial charge on any atom is 0.268 e. The zero-order valence-electron chi connectivity index (χ0n) is 15.8. The molecule has 28 heavy (non-hydrogen) atoms. The van der Waals surface area contributed by atoms with Gasteiger partial charge in [0.1, 0.15) is 11.5 Å². The van der Waals surface area contributed by atoms with Gasteiger partial charge in [-0.25, -0.2) is 4.98 Å². The summed E-state index contributed by atoms with van der Waals surface area (Å²) >= 11 is 1.56. The molecular formula is C21H19N3O3S. The number of thiazole rings is 1. The van der Waals surface area contributed by atoms with Crippen molar-refractivity contribution in [1.82, 2.24) is 15.3 Å². The number of aromatic nitrogens is 2. The van der Waals surface area contributed by atoms with Crippen LogP contribution in [0, 0.1) is 13.8 Å². The Balaban J connectivity index is 1.48. The molecule has 7 heteroatoms. The Kier molecular flexibility index (Phi) is 4.60. The molecule has 0 atom stereocenters. The van der Waals surface area contributed by atoms with Gasteiger partial charge in [-0.05, 0) is 50.6 Å². The highest BCUT2D eigenvalue weighted by Gasteiger charge is 2.20. The highest BCUT2D eigenvalue weighted by Crippen LogP contribution is 2.31. The number of rotatable bonds is 5. The van der Waals surface area contributed by atoms with Crippen LogP contribution in [0.5, 0.6) is 0 Å². The average molecular weight is 393 g/mol. The summed E-state index contributed by atoms with van der Waals surface area (Å²) in [6, 6.07) is 11.6. The lowest BCUT2D eigenvalue weighted by molar-refractivity contribution is 0.0943. The number of para-hydroxylation sites is 1. The van der Waals surface area contributed by atoms with Crippen LogP contribution in [0.1, 0.15) is 44.8 Å². The number of H-pyrrole nitrogens is 1. The van der Waals surface area contributed by atoms with Gasteiger partial charge in [0.15, 0.2) is 16.6 Å². The summed E-state index contributed by atoms with van der Waals surface area (Å²) in [7, 11) is 0. The second-order valence-corrected chi connectivity index (χ2v) is 7.65. The topological polar surface area (TPSA) is 88.0 Å². The van der Waals surface area contributed by atoms with Gasteiger partial charge < -0.3 is 14.7 Å². The Hall–Kier alpha value is -3.19. The fraction of sp³-hybridized carbons (Fsp3) is 0.190. The van der Waals surface area contributed by atoms with Crippen molar-refractivity contribution >= 4 is 33.2 Å². The first-order valence-corrected chi connectivity index (χ1v) is 9.68. The molecule has 0 spiro atoms. The number of amides is 1. The van der Waals surface area contributed by atoms with Crippen molar-refractivity contribution in [2.75, 3.05) is 0 Å². The van der Waals surface area contributed by atoms with E-state index in [9.17, 15) is 9.59 Å². The molecule has 1 amide bonds. The molecule has 0 fully saturated rings. The number of nitrogens with zero attached hydrogens (tertiary/aromatic N) is 1. The van der Waals surface area contributed by atoms with Crippen molar-refractivity contribution in [1.29, 1.82) is 0 Å². The first kappa shape index (κ1) is 18.2. The Morgan fingerprint density at radius 2 is 1.96 bits per heavy atom. The quantitative estimate of drug-likeness (QED) is 0.484. The van der Waals surface area contributed by atoms with Gasteiger partial charge in [-0.15, -0.1) is 11.3 Å². The number of hydrogen-bond acceptors (Lipinski definition) is 5. The van der Waals surface area contributed by atoms with Gasteiger partial charge in [-0.3, -0.25) is 9.59 Å². The van der Waals surface area contributed by atoms with E-state index in [1.54, 1.807) is 25.2 Å². The smallest absolute Gasteiger partial charge is 0.268 e. The fourth-order valence-electron chi connectivity index (χ4n) is 3.33. The van der Waals surface area contributed by atoms with Crippen molar-refractivity contribution in [3.63, 3.8) is 0 Å². The first-order chi connectivity index (χ1) is 13.4. The van der Waals surface area contributed by atoms with Crippen LogP contribution in [0.2, 0.25) is 0 Å². The highest BCUT2D eigenvalue weighted by atomic mass is 32.1. The van der Waals surface area contributed by atoms with E-state index in [-0.39, 0.29) is 18.2 Å². The molecule has 0 aliphatic heterocycles. The third-order valence-corrected chi connectivity index (χ3v) is 5.66. The van der Waals surface area contributed by atoms with Crippen LogP contribution in [0.15, 0.2) is 40.8 Å². The Morgan fingerprint density at radius 3 is 2.68 bits per heavy atom. The number of hydrogen-bond donors (Lipinski definition) is 2. The van der Waals surface area contributed by atoms with Crippen LogP contribution >= 0.6 is 11.3 Å². The summed E-state index contributed by atoms with van der Waals surface area (Å²) in [5.41, 5.74) is 3.28. The van der Waals surface area contributed by atoms with E-state index in [1.807, 2.05) is 36.4 Å². The number of carbonyl (C=O) groups is 2. The number of ketones is 1. The fourth-order valence-corrected chi connectivity index (χ4v) is 4.25. The lowest BCUT2D eigenvalue weighted by Gasteiger charge is -2.03. The van der Waals surface area contributed by atoms with E-state index >= 15 is 0 Å². The van der Waals surface area contributed by atoms with Crippen LogP contribution in [0.25, 0.3) is 21.0 Å². The minimum Gasteiger partial charge on any atom is -0.457 e. The second kappa shape index (κ2) is 7.09. The summed E-state index contributed by atoms with van der Waals surface area (Å²) in [5.74, 6) is 0.981. The van der Waals surface area contributed by atoms with Crippen molar-refractivity contribution in [3.8, 4) is 10.8 Å². The molecule has 0 saturated carbocycles. The predicted molar refractivity (Wildman–Crippen MR) is 109 cm³/mol. The summed E-state index contributed by atoms with van der Waals surface area (Å²) in [6.07, 6.45) is 0. The number of benzene rings is 1. The molecular weight excluding hydrogens is 374 g/mol. The molecule has 6 nitrogen and oxygen atoms in total. The summed E-state index contributed by atoms with van der Waals surface area (Å²) in [5, 5.41) is 3.64. The van der Waals surface area contributed by atoms with Crippen molar-refractivity contribution in [2.45, 2.75) is 27.3 Å². The minimum absolute atomic E-state index is 0.0585. The predicted octanol–water partition coefficient (Wildman–Crippen LogP) is 4.63. The molecule has 0 bridgehead atoms. The van der Waals surface area contributed by atoms with E-state index in [0.717, 1.165) is 15.2 Å². The van der Waals surface area contributed by atoms with Gasteiger partial charge >= 0.3 is 0 Å². The highest BCUT2D eigenvalue weighted by molar-refractivity contribution is 7.21. The van der Waals surface area contributed by atoms with Gasteiger partial charge in [-0.2, -0.15) is 0 Å². The molecule has 0 aliphatic carbocycles. The molecule has 0 aliphatic rings. The van der Waals surface area contributed by atoms with Gasteiger partial charge in [0.05, 0.1) is 16.8 Å². The van der Waals surface area contributed by atoms with Crippen molar-refractivity contribution in [2.24, 2.45) is 0 Å². The van der Waals surface area contributed by atoms with Crippen molar-refractivity contribution in [3.05, 3.63) is 64.7 Å². The largest absolute Gasteiger partial charge is 0.457 e. The van der Waals surface area contributed by atoms with E-state index in [1.165, 1.54) is 6.92 Å². The van der Waals surface area contributed by atoms with Crippen LogP contribution in [0.4, 0.5) is 0 Å². The van der Waals surface area contributed by atoms with Gasteiger partial charge in [0.25, 0.3) is 5.91 Å². The molecule has 0 radical (unpaired) electrons. The van der Waals surface area contributed by atoms with Crippen LogP contribution in [-0.2, 0) is 6.54 Å². The molecule has 0 unspecified atom stereocenters. The summed E-state index contributed by atoms with van der Waals surface area (Å²) in [4.78, 5) is 31.8. The third-order valence-electron chi connectivity index (χ3n) is 4.61. The Morgan fingerprint density at radius 1 is 1.18 bits per heavy atom. The van der Waals surface area contributed by atoms with Gasteiger partial charge in [0, 0.05) is 11.3 Å². The van der Waals surface area contributed by atoms with Gasteiger partial charge in [0.2, 0.25) is 0 Å². The monoisotopic (exact) mass is 393 g/mol. The zero-order valence-corrected chi connectivity index (χ0v) is 16.6. The maximum atomic E-state index is 12.5. The molecule has 0 saturated heterocycles. The Bertz CT molecular complexity index is 1170. The second-order valence-electron chi connectivity index (χ2n) is 6.62. The lowest BCUT2D eigenvalue weighted by atomic mass is 10.1. The molecule has 142 valence electrons. The Labute approximate surface area is 165 Å². The lowest BCUT2D eigenvalue weighted by Crippen LogP contribution is -2.23. The van der Waals surface area contributed by atoms with Crippen LogP contribution < -0.4 is 5.32 Å². The number of nitrogens with one attached hydrogen (secondary N) is 2. The van der Waals surface area contributed by atoms with E-state index in [4.69, 9.17) is 4.42 Å². The van der Waals surface area contributed by atoms with Crippen molar-refractivity contribution < 1.29 is 14.0 Å².